The molecule has 4 nitrogen and oxygen atoms in total. The highest BCUT2D eigenvalue weighted by Gasteiger charge is 2.24. The third-order valence-electron chi connectivity index (χ3n) is 3.22. The lowest BCUT2D eigenvalue weighted by Crippen LogP contribution is -2.27. The Balaban J connectivity index is 1.89. The van der Waals surface area contributed by atoms with Gasteiger partial charge in [0, 0.05) is 31.2 Å². The second-order valence-electron chi connectivity index (χ2n) is 5.15. The predicted octanol–water partition coefficient (Wildman–Crippen LogP) is 2.98. The SMILES string of the molecule is CCCNc1snnc1CN(CCC)CC1CC1. The summed E-state index contributed by atoms with van der Waals surface area (Å²) in [5.74, 6) is 0.940. The predicted molar refractivity (Wildman–Crippen MR) is 77.0 cm³/mol. The summed E-state index contributed by atoms with van der Waals surface area (Å²) in [5.41, 5.74) is 1.13. The van der Waals surface area contributed by atoms with E-state index in [2.05, 4.69) is 33.7 Å². The van der Waals surface area contributed by atoms with Crippen LogP contribution in [0.1, 0.15) is 45.2 Å². The molecule has 102 valence electrons. The second-order valence-corrected chi connectivity index (χ2v) is 5.91. The first-order valence-electron chi connectivity index (χ1n) is 7.11. The van der Waals surface area contributed by atoms with E-state index < -0.39 is 0 Å². The number of rotatable bonds is 9. The van der Waals surface area contributed by atoms with Gasteiger partial charge >= 0.3 is 0 Å². The normalized spacial score (nSPS) is 15.3. The zero-order valence-corrected chi connectivity index (χ0v) is 12.3. The molecule has 0 aromatic carbocycles. The molecule has 1 aromatic rings. The Hall–Kier alpha value is -0.680. The van der Waals surface area contributed by atoms with Gasteiger partial charge in [0.2, 0.25) is 0 Å². The monoisotopic (exact) mass is 268 g/mol. The molecule has 0 radical (unpaired) electrons. The highest BCUT2D eigenvalue weighted by atomic mass is 32.1. The lowest BCUT2D eigenvalue weighted by molar-refractivity contribution is 0.252. The topological polar surface area (TPSA) is 41.1 Å². The Bertz CT molecular complexity index is 349. The van der Waals surface area contributed by atoms with Crippen LogP contribution in [0.3, 0.4) is 0 Å². The van der Waals surface area contributed by atoms with E-state index in [0.29, 0.717) is 0 Å². The van der Waals surface area contributed by atoms with Crippen LogP contribution in [-0.4, -0.2) is 34.1 Å². The fourth-order valence-corrected chi connectivity index (χ4v) is 2.71. The molecule has 0 amide bonds. The first-order valence-corrected chi connectivity index (χ1v) is 7.88. The smallest absolute Gasteiger partial charge is 0.134 e. The van der Waals surface area contributed by atoms with Crippen molar-refractivity contribution in [3.05, 3.63) is 5.69 Å². The third-order valence-corrected chi connectivity index (χ3v) is 3.94. The minimum absolute atomic E-state index is 0.940. The van der Waals surface area contributed by atoms with E-state index in [-0.39, 0.29) is 0 Å². The van der Waals surface area contributed by atoms with Crippen LogP contribution in [0.2, 0.25) is 0 Å². The van der Waals surface area contributed by atoms with Crippen LogP contribution >= 0.6 is 11.5 Å². The fraction of sp³-hybridized carbons (Fsp3) is 0.846. The lowest BCUT2D eigenvalue weighted by Gasteiger charge is -2.20. The Labute approximate surface area is 114 Å². The van der Waals surface area contributed by atoms with Gasteiger partial charge in [-0.1, -0.05) is 18.3 Å². The lowest BCUT2D eigenvalue weighted by atomic mass is 10.3. The van der Waals surface area contributed by atoms with Crippen LogP contribution in [0, 0.1) is 5.92 Å². The van der Waals surface area contributed by atoms with Crippen molar-refractivity contribution in [1.29, 1.82) is 0 Å². The maximum absolute atomic E-state index is 4.28. The summed E-state index contributed by atoms with van der Waals surface area (Å²) < 4.78 is 4.09. The van der Waals surface area contributed by atoms with Gasteiger partial charge in [0.25, 0.3) is 0 Å². The molecule has 1 aliphatic carbocycles. The van der Waals surface area contributed by atoms with Gasteiger partial charge in [0.05, 0.1) is 0 Å². The first kappa shape index (κ1) is 13.7. The van der Waals surface area contributed by atoms with E-state index in [0.717, 1.165) is 36.1 Å². The average molecular weight is 268 g/mol. The first-order chi connectivity index (χ1) is 8.83. The van der Waals surface area contributed by atoms with Crippen molar-refractivity contribution in [3.63, 3.8) is 0 Å². The quantitative estimate of drug-likeness (QED) is 0.747. The largest absolute Gasteiger partial charge is 0.374 e. The maximum atomic E-state index is 4.28. The molecule has 1 aromatic heterocycles. The Morgan fingerprint density at radius 3 is 2.83 bits per heavy atom. The molecule has 0 bridgehead atoms. The van der Waals surface area contributed by atoms with Crippen molar-refractivity contribution in [1.82, 2.24) is 14.5 Å². The molecule has 1 heterocycles. The van der Waals surface area contributed by atoms with Crippen LogP contribution in [0.25, 0.3) is 0 Å². The van der Waals surface area contributed by atoms with Crippen LogP contribution in [0.4, 0.5) is 5.00 Å². The Kier molecular flexibility index (Phi) is 5.38. The summed E-state index contributed by atoms with van der Waals surface area (Å²) in [6.07, 6.45) is 5.17. The van der Waals surface area contributed by atoms with Crippen LogP contribution in [-0.2, 0) is 6.54 Å². The van der Waals surface area contributed by atoms with Crippen LogP contribution < -0.4 is 5.32 Å². The number of hydrogen-bond acceptors (Lipinski definition) is 5. The summed E-state index contributed by atoms with van der Waals surface area (Å²) in [4.78, 5) is 2.53. The Morgan fingerprint density at radius 2 is 2.17 bits per heavy atom. The van der Waals surface area contributed by atoms with Crippen molar-refractivity contribution in [2.75, 3.05) is 25.0 Å². The van der Waals surface area contributed by atoms with Gasteiger partial charge in [0.15, 0.2) is 0 Å². The third kappa shape index (κ3) is 4.21. The summed E-state index contributed by atoms with van der Waals surface area (Å²) in [6, 6.07) is 0. The number of anilines is 1. The van der Waals surface area contributed by atoms with Crippen molar-refractivity contribution >= 4 is 16.5 Å². The molecule has 2 rings (SSSR count). The summed E-state index contributed by atoms with van der Waals surface area (Å²) in [5, 5.41) is 8.87. The molecule has 0 saturated heterocycles. The summed E-state index contributed by atoms with van der Waals surface area (Å²) in [7, 11) is 0. The molecule has 5 heteroatoms. The van der Waals surface area contributed by atoms with Crippen LogP contribution in [0.5, 0.6) is 0 Å². The van der Waals surface area contributed by atoms with Crippen molar-refractivity contribution in [3.8, 4) is 0 Å². The minimum atomic E-state index is 0.940. The molecule has 0 aliphatic heterocycles. The zero-order chi connectivity index (χ0) is 12.8. The molecule has 0 unspecified atom stereocenters. The highest BCUT2D eigenvalue weighted by molar-refractivity contribution is 7.10. The van der Waals surface area contributed by atoms with Gasteiger partial charge < -0.3 is 5.32 Å². The minimum Gasteiger partial charge on any atom is -0.374 e. The fourth-order valence-electron chi connectivity index (χ4n) is 2.11. The Morgan fingerprint density at radius 1 is 1.33 bits per heavy atom. The molecule has 1 aliphatic rings. The van der Waals surface area contributed by atoms with Gasteiger partial charge in [-0.25, -0.2) is 0 Å². The summed E-state index contributed by atoms with van der Waals surface area (Å²) >= 11 is 1.49. The molecule has 1 fully saturated rings. The molecule has 18 heavy (non-hydrogen) atoms. The van der Waals surface area contributed by atoms with E-state index in [4.69, 9.17) is 0 Å². The van der Waals surface area contributed by atoms with E-state index in [1.807, 2.05) is 0 Å². The molecular weight excluding hydrogens is 244 g/mol. The summed E-state index contributed by atoms with van der Waals surface area (Å²) in [6.45, 7) is 8.78. The highest BCUT2D eigenvalue weighted by Crippen LogP contribution is 2.30. The number of nitrogens with zero attached hydrogens (tertiary/aromatic N) is 3. The molecule has 1 saturated carbocycles. The van der Waals surface area contributed by atoms with Gasteiger partial charge in [-0.15, -0.1) is 5.10 Å². The zero-order valence-electron chi connectivity index (χ0n) is 11.5. The number of hydrogen-bond donors (Lipinski definition) is 1. The molecule has 0 atom stereocenters. The second kappa shape index (κ2) is 7.04. The van der Waals surface area contributed by atoms with Crippen molar-refractivity contribution < 1.29 is 0 Å². The molecular formula is C13H24N4S. The van der Waals surface area contributed by atoms with Gasteiger partial charge in [0.1, 0.15) is 10.7 Å². The van der Waals surface area contributed by atoms with Gasteiger partial charge in [-0.05, 0) is 38.1 Å². The number of nitrogens with one attached hydrogen (secondary N) is 1. The van der Waals surface area contributed by atoms with E-state index in [9.17, 15) is 0 Å². The molecule has 1 N–H and O–H groups in total. The van der Waals surface area contributed by atoms with E-state index in [1.54, 1.807) is 0 Å². The van der Waals surface area contributed by atoms with Crippen molar-refractivity contribution in [2.45, 2.75) is 46.1 Å². The standard InChI is InChI=1S/C13H24N4S/c1-3-7-14-13-12(15-16-18-13)10-17(8-4-2)9-11-5-6-11/h11,14H,3-10H2,1-2H3. The number of aromatic nitrogens is 2. The van der Waals surface area contributed by atoms with E-state index in [1.165, 1.54) is 43.9 Å². The van der Waals surface area contributed by atoms with Gasteiger partial charge in [-0.2, -0.15) is 0 Å². The van der Waals surface area contributed by atoms with E-state index >= 15 is 0 Å². The molecule has 0 spiro atoms. The van der Waals surface area contributed by atoms with Gasteiger partial charge in [-0.3, -0.25) is 4.90 Å². The maximum Gasteiger partial charge on any atom is 0.134 e. The van der Waals surface area contributed by atoms with Crippen molar-refractivity contribution in [2.24, 2.45) is 5.92 Å². The van der Waals surface area contributed by atoms with Crippen LogP contribution in [0.15, 0.2) is 0 Å². The average Bonchev–Trinajstić information content (AvgIpc) is 3.06.